The Labute approximate surface area is 189 Å². The summed E-state index contributed by atoms with van der Waals surface area (Å²) in [4.78, 5) is 35.6. The Kier molecular flexibility index (Phi) is 7.09. The second-order valence-electron chi connectivity index (χ2n) is 8.10. The number of carbonyl (C=O) groups excluding carboxylic acids is 3. The lowest BCUT2D eigenvalue weighted by atomic mass is 10.1. The highest BCUT2D eigenvalue weighted by molar-refractivity contribution is 5.94. The summed E-state index contributed by atoms with van der Waals surface area (Å²) < 4.78 is 10.5. The van der Waals surface area contributed by atoms with Crippen molar-refractivity contribution in [2.24, 2.45) is 0 Å². The number of hydrogen-bond donors (Lipinski definition) is 4. The number of anilines is 1. The Balaban J connectivity index is 1.57. The summed E-state index contributed by atoms with van der Waals surface area (Å²) in [7, 11) is 0. The number of benzene rings is 2. The average molecular weight is 452 g/mol. The molecular formula is C23H24N4O6. The molecule has 10 nitrogen and oxygen atoms in total. The summed E-state index contributed by atoms with van der Waals surface area (Å²) in [6.07, 6.45) is -0.555. The third-order valence-electron chi connectivity index (χ3n) is 4.33. The highest BCUT2D eigenvalue weighted by atomic mass is 16.6. The minimum atomic E-state index is -0.616. The quantitative estimate of drug-likeness (QED) is 0.330. The predicted molar refractivity (Wildman–Crippen MR) is 119 cm³/mol. The number of rotatable bonds is 6. The van der Waals surface area contributed by atoms with Crippen molar-refractivity contribution in [1.82, 2.24) is 16.0 Å². The van der Waals surface area contributed by atoms with E-state index >= 15 is 0 Å². The molecule has 0 aliphatic heterocycles. The second-order valence-corrected chi connectivity index (χ2v) is 8.10. The lowest BCUT2D eigenvalue weighted by molar-refractivity contribution is 0.0635. The average Bonchev–Trinajstić information content (AvgIpc) is 3.27. The number of hydroxylamine groups is 1. The fraction of sp³-hybridized carbons (Fsp3) is 0.217. The third kappa shape index (κ3) is 6.65. The molecule has 0 saturated carbocycles. The number of nitrogens with one attached hydrogen (secondary N) is 3. The van der Waals surface area contributed by atoms with Gasteiger partial charge in [0.15, 0.2) is 11.5 Å². The molecule has 0 bridgehead atoms. The van der Waals surface area contributed by atoms with Gasteiger partial charge in [-0.05, 0) is 62.7 Å². The first-order chi connectivity index (χ1) is 15.6. The number of ether oxygens (including phenoxy) is 1. The molecule has 0 radical (unpaired) electrons. The molecule has 0 fully saturated rings. The maximum Gasteiger partial charge on any atom is 0.412 e. The normalized spacial score (nSPS) is 10.9. The van der Waals surface area contributed by atoms with Gasteiger partial charge >= 0.3 is 6.09 Å². The highest BCUT2D eigenvalue weighted by Crippen LogP contribution is 2.23. The first-order valence-corrected chi connectivity index (χ1v) is 10.0. The van der Waals surface area contributed by atoms with Gasteiger partial charge in [-0.3, -0.25) is 20.1 Å². The van der Waals surface area contributed by atoms with Gasteiger partial charge < -0.3 is 14.6 Å². The summed E-state index contributed by atoms with van der Waals surface area (Å²) in [5.74, 6) is -0.650. The summed E-state index contributed by atoms with van der Waals surface area (Å²) >= 11 is 0. The van der Waals surface area contributed by atoms with E-state index in [2.05, 4.69) is 15.8 Å². The van der Waals surface area contributed by atoms with Gasteiger partial charge in [-0.2, -0.15) is 0 Å². The van der Waals surface area contributed by atoms with Crippen molar-refractivity contribution in [2.75, 3.05) is 5.32 Å². The number of aromatic nitrogens is 1. The summed E-state index contributed by atoms with van der Waals surface area (Å²) in [5, 5.41) is 17.8. The van der Waals surface area contributed by atoms with Gasteiger partial charge in [0.2, 0.25) is 0 Å². The Bertz CT molecular complexity index is 1130. The van der Waals surface area contributed by atoms with Crippen LogP contribution < -0.4 is 16.1 Å². The van der Waals surface area contributed by atoms with E-state index in [1.54, 1.807) is 62.6 Å². The van der Waals surface area contributed by atoms with Crippen molar-refractivity contribution >= 4 is 23.6 Å². The van der Waals surface area contributed by atoms with E-state index in [1.165, 1.54) is 18.2 Å². The van der Waals surface area contributed by atoms with Gasteiger partial charge in [0.1, 0.15) is 5.60 Å². The van der Waals surface area contributed by atoms with Crippen molar-refractivity contribution in [3.63, 3.8) is 0 Å². The maximum absolute atomic E-state index is 12.4. The van der Waals surface area contributed by atoms with Crippen LogP contribution in [0.3, 0.4) is 0 Å². The number of carbonyl (C=O) groups is 3. The van der Waals surface area contributed by atoms with Crippen molar-refractivity contribution in [3.05, 3.63) is 71.4 Å². The van der Waals surface area contributed by atoms with Gasteiger partial charge in [0, 0.05) is 29.4 Å². The van der Waals surface area contributed by atoms with Crippen molar-refractivity contribution < 1.29 is 28.9 Å². The molecule has 0 aliphatic carbocycles. The smallest absolute Gasteiger partial charge is 0.412 e. The van der Waals surface area contributed by atoms with Crippen LogP contribution in [-0.4, -0.2) is 33.9 Å². The van der Waals surface area contributed by atoms with Crippen LogP contribution in [0.2, 0.25) is 0 Å². The lowest BCUT2D eigenvalue weighted by Gasteiger charge is -2.19. The number of amides is 3. The molecular weight excluding hydrogens is 428 g/mol. The molecule has 3 aromatic rings. The van der Waals surface area contributed by atoms with Crippen LogP contribution in [0, 0.1) is 0 Å². The van der Waals surface area contributed by atoms with Crippen LogP contribution in [0.25, 0.3) is 11.3 Å². The zero-order chi connectivity index (χ0) is 24.0. The Morgan fingerprint density at radius 1 is 1.00 bits per heavy atom. The van der Waals surface area contributed by atoms with Crippen LogP contribution in [0.1, 0.15) is 47.2 Å². The molecule has 4 N–H and O–H groups in total. The molecule has 2 aromatic carbocycles. The van der Waals surface area contributed by atoms with Crippen LogP contribution in [0.4, 0.5) is 10.5 Å². The van der Waals surface area contributed by atoms with E-state index in [1.807, 2.05) is 0 Å². The Morgan fingerprint density at radius 3 is 2.27 bits per heavy atom. The SMILES string of the molecule is CC(C)(C)OC(=O)Nc1ccc(-c2cc(C(=O)NCc3ccc(C(=O)NO)cc3)no2)cc1. The standard InChI is InChI=1S/C23H24N4O6/c1-23(2,3)32-22(30)25-17-10-8-15(9-11-17)19-12-18(27-33-19)21(29)24-13-14-4-6-16(7-5-14)20(28)26-31/h4-12,31H,13H2,1-3H3,(H,24,29)(H,25,30)(H,26,28). The van der Waals surface area contributed by atoms with Gasteiger partial charge in [-0.1, -0.05) is 17.3 Å². The van der Waals surface area contributed by atoms with E-state index in [-0.39, 0.29) is 12.2 Å². The zero-order valence-electron chi connectivity index (χ0n) is 18.3. The van der Waals surface area contributed by atoms with Gasteiger partial charge in [0.05, 0.1) is 0 Å². The molecule has 0 aliphatic rings. The maximum atomic E-state index is 12.4. The topological polar surface area (TPSA) is 143 Å². The fourth-order valence-corrected chi connectivity index (χ4v) is 2.77. The lowest BCUT2D eigenvalue weighted by Crippen LogP contribution is -2.27. The van der Waals surface area contributed by atoms with Crippen LogP contribution in [-0.2, 0) is 11.3 Å². The van der Waals surface area contributed by atoms with Gasteiger partial charge in [-0.15, -0.1) is 0 Å². The molecule has 10 heteroatoms. The first kappa shape index (κ1) is 23.5. The summed E-state index contributed by atoms with van der Waals surface area (Å²) in [6, 6.07) is 14.7. The second kappa shape index (κ2) is 9.96. The number of nitrogens with zero attached hydrogens (tertiary/aromatic N) is 1. The van der Waals surface area contributed by atoms with E-state index in [0.29, 0.717) is 22.6 Å². The predicted octanol–water partition coefficient (Wildman–Crippen LogP) is 3.74. The molecule has 0 saturated heterocycles. The van der Waals surface area contributed by atoms with Gasteiger partial charge in [0.25, 0.3) is 11.8 Å². The minimum absolute atomic E-state index is 0.109. The van der Waals surface area contributed by atoms with E-state index < -0.39 is 23.5 Å². The van der Waals surface area contributed by atoms with Crippen LogP contribution in [0.15, 0.2) is 59.1 Å². The summed E-state index contributed by atoms with van der Waals surface area (Å²) in [5.41, 5.74) is 3.34. The Morgan fingerprint density at radius 2 is 1.67 bits per heavy atom. The molecule has 33 heavy (non-hydrogen) atoms. The van der Waals surface area contributed by atoms with Crippen molar-refractivity contribution in [2.45, 2.75) is 32.9 Å². The zero-order valence-corrected chi connectivity index (χ0v) is 18.3. The highest BCUT2D eigenvalue weighted by Gasteiger charge is 2.17. The van der Waals surface area contributed by atoms with E-state index in [9.17, 15) is 14.4 Å². The largest absolute Gasteiger partial charge is 0.444 e. The molecule has 0 unspecified atom stereocenters. The van der Waals surface area contributed by atoms with E-state index in [0.717, 1.165) is 5.56 Å². The monoisotopic (exact) mass is 452 g/mol. The minimum Gasteiger partial charge on any atom is -0.444 e. The molecule has 1 heterocycles. The van der Waals surface area contributed by atoms with E-state index in [4.69, 9.17) is 14.5 Å². The first-order valence-electron chi connectivity index (χ1n) is 10.0. The summed E-state index contributed by atoms with van der Waals surface area (Å²) in [6.45, 7) is 5.55. The van der Waals surface area contributed by atoms with Crippen LogP contribution in [0.5, 0.6) is 0 Å². The third-order valence-corrected chi connectivity index (χ3v) is 4.33. The van der Waals surface area contributed by atoms with Crippen molar-refractivity contribution in [3.8, 4) is 11.3 Å². The van der Waals surface area contributed by atoms with Crippen LogP contribution >= 0.6 is 0 Å². The molecule has 1 aromatic heterocycles. The van der Waals surface area contributed by atoms with Gasteiger partial charge in [-0.25, -0.2) is 10.3 Å². The molecule has 0 atom stereocenters. The molecule has 0 spiro atoms. The fourth-order valence-electron chi connectivity index (χ4n) is 2.77. The Hall–Kier alpha value is -4.18. The van der Waals surface area contributed by atoms with Crippen molar-refractivity contribution in [1.29, 1.82) is 0 Å². The molecule has 172 valence electrons. The number of hydrogen-bond acceptors (Lipinski definition) is 7. The molecule has 3 amide bonds. The molecule has 3 rings (SSSR count).